The minimum Gasteiger partial charge on any atom is -0.463 e. The molecule has 4 aliphatic heterocycles. The van der Waals surface area contributed by atoms with Crippen LogP contribution >= 0.6 is 15.6 Å². The van der Waals surface area contributed by atoms with Crippen molar-refractivity contribution >= 4 is 27.6 Å². The molecule has 12 unspecified atom stereocenters. The lowest BCUT2D eigenvalue weighted by molar-refractivity contribution is -0.377. The van der Waals surface area contributed by atoms with Gasteiger partial charge in [0.2, 0.25) is 0 Å². The summed E-state index contributed by atoms with van der Waals surface area (Å²) in [5.41, 5.74) is 6.49. The normalized spacial score (nSPS) is 33.3. The van der Waals surface area contributed by atoms with Crippen molar-refractivity contribution < 1.29 is 171 Å². The number of hydrogen-bond donors (Lipinski definition) is 19. The summed E-state index contributed by atoms with van der Waals surface area (Å²) in [6.45, 7) is -1.39. The third kappa shape index (κ3) is 38.4. The zero-order chi connectivity index (χ0) is 85.9. The molecular weight excluding hydrogens is 1580 g/mol. The van der Waals surface area contributed by atoms with Gasteiger partial charge >= 0.3 is 27.6 Å². The van der Waals surface area contributed by atoms with Gasteiger partial charge in [0.1, 0.15) is 135 Å². The molecule has 0 amide bonds. The van der Waals surface area contributed by atoms with E-state index in [9.17, 15) is 110 Å². The second-order valence-electron chi connectivity index (χ2n) is 32.1. The van der Waals surface area contributed by atoms with Crippen molar-refractivity contribution in [2.45, 2.75) is 436 Å². The van der Waals surface area contributed by atoms with Gasteiger partial charge in [-0.25, -0.2) is 9.13 Å². The van der Waals surface area contributed by atoms with Gasteiger partial charge in [0.25, 0.3) is 0 Å². The number of allylic oxidation sites excluding steroid dienone is 2. The number of rotatable bonds is 63. The Labute approximate surface area is 689 Å². The zero-order valence-electron chi connectivity index (χ0n) is 68.7. The van der Waals surface area contributed by atoms with Crippen molar-refractivity contribution in [3.8, 4) is 0 Å². The molecule has 0 aromatic carbocycles. The van der Waals surface area contributed by atoms with Crippen LogP contribution in [0.3, 0.4) is 0 Å². The Balaban J connectivity index is 1.14. The molecule has 117 heavy (non-hydrogen) atoms. The van der Waals surface area contributed by atoms with Gasteiger partial charge in [-0.15, -0.1) is 0 Å². The average molecular weight is 1730 g/mol. The summed E-state index contributed by atoms with van der Waals surface area (Å²) in [6.07, 6.45) is -6.15. The molecule has 0 bridgehead atoms. The van der Waals surface area contributed by atoms with Crippen LogP contribution in [0, 0.1) is 0 Å². The lowest BCUT2D eigenvalue weighted by Crippen LogP contribution is -2.70. The van der Waals surface area contributed by atoms with Gasteiger partial charge in [-0.3, -0.25) is 23.2 Å². The second-order valence-corrected chi connectivity index (χ2v) is 34.8. The van der Waals surface area contributed by atoms with Gasteiger partial charge in [-0.2, -0.15) is 0 Å². The first-order valence-corrected chi connectivity index (χ1v) is 46.4. The lowest BCUT2D eigenvalue weighted by Gasteiger charge is -2.49. The number of phosphoric acid groups is 2. The Morgan fingerprint density at radius 2 is 0.744 bits per heavy atom. The third-order valence-electron chi connectivity index (χ3n) is 22.3. The number of hydrogen-bond acceptors (Lipinski definition) is 33. The lowest BCUT2D eigenvalue weighted by atomic mass is 9.84. The molecule has 5 aliphatic rings. The van der Waals surface area contributed by atoms with Gasteiger partial charge < -0.3 is 144 Å². The van der Waals surface area contributed by atoms with Crippen LogP contribution in [0.2, 0.25) is 0 Å². The minimum atomic E-state index is -5.60. The first-order valence-electron chi connectivity index (χ1n) is 43.4. The number of aliphatic hydroxyl groups excluding tert-OH is 15. The van der Waals surface area contributed by atoms with E-state index in [1.54, 1.807) is 0 Å². The number of unbranched alkanes of at least 4 members (excludes halogenated alkanes) is 35. The molecule has 0 radical (unpaired) electrons. The molecule has 688 valence electrons. The SMILES string of the molecule is CCCCCCCC/C=C\CCCCCCCCCCCCCCCCCCCC(=O)OC[C@@H](O)COP(=O)(O)OC1[C@H](O[C@H]2OC(CO)[C@@H](O[C@H]3OC(CO[C@H]4OC(CO)[C@@H](O)C(O)[C@H]4O[C@H]4OC(COP(=O)(O)O)[C@H](O)[C@H](O)C4O)[C@@H](O)C(O)[C@H]3O)[C@H](O)C2N)C(O)C(O)[C@@H](O)[C@@H]1OC(=O)CCCCCCCCCCCCCCC. The van der Waals surface area contributed by atoms with Crippen LogP contribution < -0.4 is 5.73 Å². The molecule has 5 rings (SSSR count). The molecule has 0 aromatic rings. The van der Waals surface area contributed by atoms with E-state index in [1.165, 1.54) is 154 Å². The minimum absolute atomic E-state index is 0.0463. The Bertz CT molecular complexity index is 2740. The summed E-state index contributed by atoms with van der Waals surface area (Å²) >= 11 is 0. The zero-order valence-corrected chi connectivity index (χ0v) is 70.5. The standard InChI is InChI=1S/C79H147NO35P2/c1-3-5-7-9-11-13-15-17-18-19-20-21-22-23-24-25-26-27-28-29-30-32-33-35-37-39-41-43-56(84)103-47-51(83)48-106-117(101,102)115-75-72(111-57(85)44-42-40-38-36-34-31-16-14-12-10-8-6-4-2)67(94)65(92)68(95)73(75)113-76-58(80)62(89)71(53(46-82)108-76)112-77-69(96)63(90)60(87)54(109-77)49-104-79-74(66(93)59(86)52(45-81)107-79)114-78-70(97)64(91)61(88)55(110-78)50-105-116(98,99)100/h17-18,51-55,58-79,81-83,86-97H,3-16,19-50,80H2,1-2H3,(H,101,102)(H2,98,99,100)/b18-17-/t51-,52?,53?,54?,55?,58?,59-,60-,61+,62-,63?,64+,65?,66?,67-,68?,69-,70?,71-,72+,73-,74-,75?,76-,77-,78-,79+/m1/s1. The number of carbonyl (C=O) groups is 2. The van der Waals surface area contributed by atoms with E-state index in [0.29, 0.717) is 19.3 Å². The molecule has 38 heteroatoms. The predicted molar refractivity (Wildman–Crippen MR) is 420 cm³/mol. The first-order chi connectivity index (χ1) is 56.0. The summed E-state index contributed by atoms with van der Waals surface area (Å²) < 4.78 is 97.4. The number of esters is 2. The molecule has 4 heterocycles. The highest BCUT2D eigenvalue weighted by atomic mass is 31.2. The Hall–Kier alpha value is -2.06. The summed E-state index contributed by atoms with van der Waals surface area (Å²) in [6, 6.07) is -1.92. The summed E-state index contributed by atoms with van der Waals surface area (Å²) in [4.78, 5) is 56.1. The molecule has 20 N–H and O–H groups in total. The fourth-order valence-electron chi connectivity index (χ4n) is 15.1. The number of aliphatic hydroxyl groups is 15. The van der Waals surface area contributed by atoms with Crippen molar-refractivity contribution in [2.24, 2.45) is 5.73 Å². The number of phosphoric ester groups is 2. The molecule has 1 saturated carbocycles. The van der Waals surface area contributed by atoms with Crippen LogP contribution in [-0.2, 0) is 79.7 Å². The van der Waals surface area contributed by atoms with Crippen LogP contribution in [0.1, 0.15) is 271 Å². The maximum Gasteiger partial charge on any atom is 0.472 e. The van der Waals surface area contributed by atoms with E-state index < -0.39 is 233 Å². The highest BCUT2D eigenvalue weighted by molar-refractivity contribution is 7.47. The van der Waals surface area contributed by atoms with E-state index in [2.05, 4.69) is 30.5 Å². The number of ether oxygens (including phenoxy) is 10. The topological polar surface area (TPSA) is 578 Å². The van der Waals surface area contributed by atoms with Crippen LogP contribution in [0.4, 0.5) is 0 Å². The Kier molecular flexibility index (Phi) is 52.5. The average Bonchev–Trinajstić information content (AvgIpc) is 0.764. The van der Waals surface area contributed by atoms with E-state index in [1.807, 2.05) is 0 Å². The summed E-state index contributed by atoms with van der Waals surface area (Å²) in [5.74, 6) is -1.62. The third-order valence-corrected chi connectivity index (χ3v) is 23.8. The molecule has 36 nitrogen and oxygen atoms in total. The van der Waals surface area contributed by atoms with Crippen LogP contribution in [0.25, 0.3) is 0 Å². The van der Waals surface area contributed by atoms with Crippen LogP contribution in [0.15, 0.2) is 12.2 Å². The van der Waals surface area contributed by atoms with Crippen LogP contribution in [0.5, 0.6) is 0 Å². The molecular formula is C79H147NO35P2. The van der Waals surface area contributed by atoms with Crippen molar-refractivity contribution in [1.82, 2.24) is 0 Å². The maximum absolute atomic E-state index is 14.0. The summed E-state index contributed by atoms with van der Waals surface area (Å²) in [7, 11) is -10.8. The first kappa shape index (κ1) is 105. The molecule has 1 aliphatic carbocycles. The molecule has 0 aromatic heterocycles. The van der Waals surface area contributed by atoms with Gasteiger partial charge in [-0.1, -0.05) is 231 Å². The molecule has 5 fully saturated rings. The smallest absolute Gasteiger partial charge is 0.463 e. The largest absolute Gasteiger partial charge is 0.472 e. The van der Waals surface area contributed by atoms with E-state index in [0.717, 1.165) is 70.6 Å². The van der Waals surface area contributed by atoms with Crippen LogP contribution in [-0.4, -0.2) is 308 Å². The fraction of sp³-hybridized carbons (Fsp3) is 0.949. The van der Waals surface area contributed by atoms with E-state index in [-0.39, 0.29) is 12.8 Å². The van der Waals surface area contributed by atoms with Crippen molar-refractivity contribution in [3.63, 3.8) is 0 Å². The fourth-order valence-corrected chi connectivity index (χ4v) is 16.4. The molecule has 0 spiro atoms. The molecule has 4 saturated heterocycles. The number of carbonyl (C=O) groups excluding carboxylic acids is 2. The van der Waals surface area contributed by atoms with Crippen molar-refractivity contribution in [3.05, 3.63) is 12.2 Å². The van der Waals surface area contributed by atoms with Crippen molar-refractivity contribution in [2.75, 3.05) is 39.6 Å². The van der Waals surface area contributed by atoms with Gasteiger partial charge in [0, 0.05) is 12.8 Å². The molecule has 28 atom stereocenters. The highest BCUT2D eigenvalue weighted by Gasteiger charge is 2.59. The van der Waals surface area contributed by atoms with Gasteiger partial charge in [-0.05, 0) is 38.5 Å². The Morgan fingerprint density at radius 1 is 0.376 bits per heavy atom. The number of nitrogens with two attached hydrogens (primary N) is 1. The van der Waals surface area contributed by atoms with E-state index in [4.69, 9.17) is 62.1 Å². The maximum atomic E-state index is 14.0. The predicted octanol–water partition coefficient (Wildman–Crippen LogP) is 4.34. The monoisotopic (exact) mass is 1730 g/mol. The Morgan fingerprint density at radius 3 is 1.20 bits per heavy atom. The second kappa shape index (κ2) is 58.3. The summed E-state index contributed by atoms with van der Waals surface area (Å²) in [5, 5.41) is 165. The van der Waals surface area contributed by atoms with Gasteiger partial charge in [0.15, 0.2) is 31.3 Å². The van der Waals surface area contributed by atoms with Crippen molar-refractivity contribution in [1.29, 1.82) is 0 Å². The highest BCUT2D eigenvalue weighted by Crippen LogP contribution is 2.49. The quantitative estimate of drug-likeness (QED) is 0.0174. The van der Waals surface area contributed by atoms with E-state index >= 15 is 0 Å². The van der Waals surface area contributed by atoms with Gasteiger partial charge in [0.05, 0.1) is 39.1 Å².